The second-order valence-electron chi connectivity index (χ2n) is 11.0. The zero-order valence-electron chi connectivity index (χ0n) is 19.6. The van der Waals surface area contributed by atoms with Crippen molar-refractivity contribution < 1.29 is 9.18 Å². The number of fused-ring (bicyclic) bond motifs is 1. The van der Waals surface area contributed by atoms with Gasteiger partial charge in [0, 0.05) is 11.0 Å². The highest BCUT2D eigenvalue weighted by atomic mass is 19.1. The molecule has 3 heterocycles. The van der Waals surface area contributed by atoms with Gasteiger partial charge in [-0.15, -0.1) is 0 Å². The maximum Gasteiger partial charge on any atom is 0.262 e. The summed E-state index contributed by atoms with van der Waals surface area (Å²) in [4.78, 5) is 20.2. The van der Waals surface area contributed by atoms with Gasteiger partial charge in [-0.25, -0.2) is 9.37 Å². The van der Waals surface area contributed by atoms with Gasteiger partial charge in [-0.1, -0.05) is 41.5 Å². The average molecular weight is 429 g/mol. The third kappa shape index (κ3) is 5.24. The van der Waals surface area contributed by atoms with Crippen molar-refractivity contribution in [3.8, 4) is 0 Å². The van der Waals surface area contributed by atoms with Crippen LogP contribution in [0.25, 0.3) is 5.65 Å². The number of H-pyrrole nitrogens is 1. The fraction of sp³-hybridized carbons (Fsp3) is 0.522. The van der Waals surface area contributed by atoms with Crippen LogP contribution in [-0.2, 0) is 5.41 Å². The van der Waals surface area contributed by atoms with E-state index in [1.54, 1.807) is 4.52 Å². The van der Waals surface area contributed by atoms with Gasteiger partial charge in [0.2, 0.25) is 0 Å². The van der Waals surface area contributed by atoms with Gasteiger partial charge in [0.15, 0.2) is 0 Å². The summed E-state index contributed by atoms with van der Waals surface area (Å²) in [6.45, 7) is 17.3. The quantitative estimate of drug-likeness (QED) is 0.510. The monoisotopic (exact) mass is 428 g/mol. The molecule has 0 radical (unpaired) electrons. The molecule has 8 heteroatoms. The molecule has 168 valence electrons. The van der Waals surface area contributed by atoms with Crippen molar-refractivity contribution in [1.82, 2.24) is 19.6 Å². The first-order valence-corrected chi connectivity index (χ1v) is 10.5. The molecule has 3 aromatic rings. The number of halogens is 1. The third-order valence-electron chi connectivity index (χ3n) is 4.85. The van der Waals surface area contributed by atoms with Gasteiger partial charge in [0.1, 0.15) is 28.7 Å². The zero-order chi connectivity index (χ0) is 23.2. The Morgan fingerprint density at radius 1 is 1.10 bits per heavy atom. The number of carbonyl (C=O) groups excluding carboxylic acids is 1. The molecule has 0 aromatic carbocycles. The van der Waals surface area contributed by atoms with Crippen molar-refractivity contribution in [2.75, 3.05) is 10.6 Å². The van der Waals surface area contributed by atoms with E-state index in [0.717, 1.165) is 24.1 Å². The van der Waals surface area contributed by atoms with Gasteiger partial charge < -0.3 is 15.6 Å². The Hall–Kier alpha value is -2.90. The summed E-state index contributed by atoms with van der Waals surface area (Å²) in [5.41, 5.74) is 1.70. The number of hydrogen-bond acceptors (Lipinski definition) is 4. The molecule has 0 unspecified atom stereocenters. The van der Waals surface area contributed by atoms with E-state index in [-0.39, 0.29) is 28.1 Å². The van der Waals surface area contributed by atoms with Crippen molar-refractivity contribution in [1.29, 1.82) is 0 Å². The van der Waals surface area contributed by atoms with Crippen LogP contribution >= 0.6 is 0 Å². The highest BCUT2D eigenvalue weighted by Gasteiger charge is 2.32. The molecule has 0 aliphatic heterocycles. The number of rotatable bonds is 5. The first kappa shape index (κ1) is 22.8. The Bertz CT molecular complexity index is 1080. The maximum atomic E-state index is 13.1. The number of nitrogens with one attached hydrogen (secondary N) is 3. The molecule has 0 spiro atoms. The molecule has 0 aliphatic carbocycles. The average Bonchev–Trinajstić information content (AvgIpc) is 3.14. The van der Waals surface area contributed by atoms with Gasteiger partial charge in [-0.2, -0.15) is 9.61 Å². The van der Waals surface area contributed by atoms with Crippen LogP contribution in [0.5, 0.6) is 0 Å². The largest absolute Gasteiger partial charge is 0.364 e. The second kappa shape index (κ2) is 7.66. The highest BCUT2D eigenvalue weighted by molar-refractivity contribution is 6.08. The van der Waals surface area contributed by atoms with E-state index >= 15 is 0 Å². The van der Waals surface area contributed by atoms with E-state index in [4.69, 9.17) is 0 Å². The second-order valence-corrected chi connectivity index (χ2v) is 11.0. The predicted octanol–water partition coefficient (Wildman–Crippen LogP) is 5.37. The molecule has 0 aliphatic rings. The number of anilines is 2. The highest BCUT2D eigenvalue weighted by Crippen LogP contribution is 2.35. The van der Waals surface area contributed by atoms with Crippen LogP contribution in [0.15, 0.2) is 24.5 Å². The molecule has 31 heavy (non-hydrogen) atoms. The number of hydrogen-bond donors (Lipinski definition) is 3. The summed E-state index contributed by atoms with van der Waals surface area (Å²) >= 11 is 0. The van der Waals surface area contributed by atoms with Crippen LogP contribution < -0.4 is 10.6 Å². The summed E-state index contributed by atoms with van der Waals surface area (Å²) in [7, 11) is 0. The molecular formula is C23H33FN6O. The first-order chi connectivity index (χ1) is 14.2. The van der Waals surface area contributed by atoms with E-state index < -0.39 is 5.82 Å². The Morgan fingerprint density at radius 3 is 2.32 bits per heavy atom. The lowest BCUT2D eigenvalue weighted by molar-refractivity contribution is 0.102. The van der Waals surface area contributed by atoms with Gasteiger partial charge >= 0.3 is 0 Å². The first-order valence-electron chi connectivity index (χ1n) is 10.5. The number of nitrogens with zero attached hydrogens (tertiary/aromatic N) is 3. The van der Waals surface area contributed by atoms with Crippen LogP contribution in [0, 0.1) is 11.2 Å². The Balaban J connectivity index is 2.00. The number of imidazole rings is 1. The van der Waals surface area contributed by atoms with Crippen molar-refractivity contribution in [3.05, 3.63) is 41.6 Å². The lowest BCUT2D eigenvalue weighted by Gasteiger charge is -2.34. The molecule has 7 nitrogen and oxygen atoms in total. The Morgan fingerprint density at radius 2 is 1.77 bits per heavy atom. The topological polar surface area (TPSA) is 87.1 Å². The van der Waals surface area contributed by atoms with E-state index in [1.807, 2.05) is 0 Å². The van der Waals surface area contributed by atoms with Crippen molar-refractivity contribution in [2.45, 2.75) is 72.8 Å². The van der Waals surface area contributed by atoms with Crippen molar-refractivity contribution >= 4 is 23.2 Å². The van der Waals surface area contributed by atoms with Gasteiger partial charge in [0.25, 0.3) is 5.91 Å². The van der Waals surface area contributed by atoms with Crippen LogP contribution in [0.4, 0.5) is 16.0 Å². The third-order valence-corrected chi connectivity index (χ3v) is 4.85. The summed E-state index contributed by atoms with van der Waals surface area (Å²) in [6, 6.07) is 2.67. The fourth-order valence-electron chi connectivity index (χ4n) is 4.07. The fourth-order valence-corrected chi connectivity index (χ4v) is 4.07. The minimum absolute atomic E-state index is 0.144. The minimum atomic E-state index is -0.460. The lowest BCUT2D eigenvalue weighted by atomic mass is 9.81. The molecule has 0 saturated carbocycles. The maximum absolute atomic E-state index is 13.1. The van der Waals surface area contributed by atoms with Crippen LogP contribution in [0.1, 0.15) is 77.9 Å². The predicted molar refractivity (Wildman–Crippen MR) is 122 cm³/mol. The molecule has 0 saturated heterocycles. The zero-order valence-corrected chi connectivity index (χ0v) is 19.6. The smallest absolute Gasteiger partial charge is 0.262 e. The van der Waals surface area contributed by atoms with Crippen molar-refractivity contribution in [3.63, 3.8) is 0 Å². The number of amides is 1. The summed E-state index contributed by atoms with van der Waals surface area (Å²) in [5, 5.41) is 10.9. The Labute approximate surface area is 182 Å². The van der Waals surface area contributed by atoms with Crippen molar-refractivity contribution in [2.24, 2.45) is 5.41 Å². The molecule has 0 fully saturated rings. The van der Waals surface area contributed by atoms with Crippen LogP contribution in [0.2, 0.25) is 0 Å². The molecule has 3 rings (SSSR count). The van der Waals surface area contributed by atoms with Crippen LogP contribution in [-0.4, -0.2) is 31.0 Å². The summed E-state index contributed by atoms with van der Waals surface area (Å²) < 4.78 is 14.9. The number of aromatic amines is 1. The van der Waals surface area contributed by atoms with Crippen LogP contribution in [0.3, 0.4) is 0 Å². The molecule has 3 N–H and O–H groups in total. The lowest BCUT2D eigenvalue weighted by Crippen LogP contribution is -2.36. The van der Waals surface area contributed by atoms with E-state index in [0.29, 0.717) is 11.2 Å². The number of aromatic nitrogens is 4. The number of carbonyl (C=O) groups is 1. The minimum Gasteiger partial charge on any atom is -0.364 e. The summed E-state index contributed by atoms with van der Waals surface area (Å²) in [6.07, 6.45) is 3.54. The van der Waals surface area contributed by atoms with Gasteiger partial charge in [-0.05, 0) is 37.8 Å². The standard InChI is InChI=1S/C23H33FN6O/c1-21(2,3)13-23(7,8)29-19-17(22(4,5)6)28-18-15(12-26-30(18)19)20(31)27-16-10-9-14(24)11-25-16/h9-12,28-29H,13H2,1-8H3,(H,25,27,31). The van der Waals surface area contributed by atoms with Gasteiger partial charge in [0.05, 0.1) is 18.1 Å². The van der Waals surface area contributed by atoms with E-state index in [1.165, 1.54) is 18.3 Å². The molecule has 3 aromatic heterocycles. The molecular weight excluding hydrogens is 395 g/mol. The SMILES string of the molecule is CC(C)(C)CC(C)(C)Nc1c(C(C)(C)C)[nH]c2c(C(=O)Nc3ccc(F)cn3)cnn12. The van der Waals surface area contributed by atoms with E-state index in [9.17, 15) is 9.18 Å². The summed E-state index contributed by atoms with van der Waals surface area (Å²) in [5.74, 6) is 0.295. The molecule has 0 atom stereocenters. The number of pyridine rings is 1. The van der Waals surface area contributed by atoms with E-state index in [2.05, 4.69) is 81.1 Å². The molecule has 1 amide bonds. The van der Waals surface area contributed by atoms with Gasteiger partial charge in [-0.3, -0.25) is 4.79 Å². The molecule has 0 bridgehead atoms. The normalized spacial score (nSPS) is 12.9. The Kier molecular flexibility index (Phi) is 5.63.